The van der Waals surface area contributed by atoms with Crippen molar-refractivity contribution in [2.24, 2.45) is 10.9 Å². The molecule has 1 fully saturated rings. The minimum Gasteiger partial charge on any atom is -0.457 e. The van der Waals surface area contributed by atoms with Crippen LogP contribution in [0, 0.1) is 12.8 Å². The van der Waals surface area contributed by atoms with Crippen molar-refractivity contribution in [2.45, 2.75) is 45.6 Å². The molecule has 206 valence electrons. The van der Waals surface area contributed by atoms with Crippen molar-refractivity contribution in [2.75, 3.05) is 26.5 Å². The molecule has 3 N–H and O–H groups in total. The smallest absolute Gasteiger partial charge is 0.243 e. The van der Waals surface area contributed by atoms with Gasteiger partial charge in [-0.25, -0.2) is 9.97 Å². The lowest BCUT2D eigenvalue weighted by molar-refractivity contribution is -0.117. The van der Waals surface area contributed by atoms with Crippen molar-refractivity contribution in [3.8, 4) is 11.5 Å². The molecule has 2 aromatic carbocycles. The van der Waals surface area contributed by atoms with Gasteiger partial charge < -0.3 is 20.5 Å². The van der Waals surface area contributed by atoms with Gasteiger partial charge in [0.05, 0.1) is 23.6 Å². The molecule has 39 heavy (non-hydrogen) atoms. The molecule has 0 aliphatic heterocycles. The predicted molar refractivity (Wildman–Crippen MR) is 156 cm³/mol. The summed E-state index contributed by atoms with van der Waals surface area (Å²) in [7, 11) is 3.35. The Morgan fingerprint density at radius 3 is 2.33 bits per heavy atom. The molecule has 0 spiro atoms. The summed E-state index contributed by atoms with van der Waals surface area (Å²) in [5.41, 5.74) is 9.26. The molecule has 4 rings (SSSR count). The van der Waals surface area contributed by atoms with Gasteiger partial charge >= 0.3 is 0 Å². The number of benzene rings is 2. The Bertz CT molecular complexity index is 1210. The highest BCUT2D eigenvalue weighted by atomic mass is 16.5. The van der Waals surface area contributed by atoms with E-state index in [1.165, 1.54) is 19.2 Å². The molecule has 0 atom stereocenters. The van der Waals surface area contributed by atoms with Crippen molar-refractivity contribution in [1.29, 1.82) is 0 Å². The van der Waals surface area contributed by atoms with Crippen LogP contribution in [0.5, 0.6) is 11.5 Å². The third kappa shape index (κ3) is 9.33. The number of aryl methyl sites for hydroxylation is 1. The van der Waals surface area contributed by atoms with E-state index in [4.69, 9.17) is 15.2 Å². The molecule has 8 heteroatoms. The first kappa shape index (κ1) is 29.5. The molecule has 1 heterocycles. The van der Waals surface area contributed by atoms with Gasteiger partial charge in [0.15, 0.2) is 0 Å². The molecule has 0 bridgehead atoms. The molecule has 1 aromatic heterocycles. The van der Waals surface area contributed by atoms with Crippen LogP contribution < -0.4 is 15.8 Å². The van der Waals surface area contributed by atoms with Crippen LogP contribution in [0.2, 0.25) is 0 Å². The van der Waals surface area contributed by atoms with E-state index in [1.54, 1.807) is 26.3 Å². The van der Waals surface area contributed by atoms with Crippen molar-refractivity contribution in [3.05, 3.63) is 89.9 Å². The summed E-state index contributed by atoms with van der Waals surface area (Å²) in [6.07, 6.45) is 9.44. The number of nitrogens with two attached hydrogens (primary N) is 1. The van der Waals surface area contributed by atoms with Gasteiger partial charge in [0.1, 0.15) is 23.6 Å². The SMILES string of the molecule is CN=C(c1ccc(Oc2ccccc2)cc1)c1c(C)ncnc1N.COC/C=C/C(=O)NC1CCC(C)CC1. The Labute approximate surface area is 231 Å². The van der Waals surface area contributed by atoms with E-state index < -0.39 is 0 Å². The van der Waals surface area contributed by atoms with Crippen LogP contribution >= 0.6 is 0 Å². The number of nitrogens with one attached hydrogen (secondary N) is 1. The minimum atomic E-state index is 0.00611. The zero-order valence-electron chi connectivity index (χ0n) is 23.3. The van der Waals surface area contributed by atoms with Crippen molar-refractivity contribution in [3.63, 3.8) is 0 Å². The van der Waals surface area contributed by atoms with Gasteiger partial charge in [-0.05, 0) is 74.9 Å². The number of amides is 1. The Kier molecular flexibility index (Phi) is 11.6. The molecule has 1 aliphatic carbocycles. The average molecular weight is 530 g/mol. The van der Waals surface area contributed by atoms with E-state index in [9.17, 15) is 4.79 Å². The number of aromatic nitrogens is 2. The number of hydrogen-bond donors (Lipinski definition) is 2. The summed E-state index contributed by atoms with van der Waals surface area (Å²) in [6.45, 7) is 4.66. The summed E-state index contributed by atoms with van der Waals surface area (Å²) >= 11 is 0. The van der Waals surface area contributed by atoms with Crippen LogP contribution in [0.3, 0.4) is 0 Å². The molecule has 8 nitrogen and oxygen atoms in total. The number of methoxy groups -OCH3 is 1. The second-order valence-electron chi connectivity index (χ2n) is 9.55. The summed E-state index contributed by atoms with van der Waals surface area (Å²) in [6, 6.07) is 17.7. The topological polar surface area (TPSA) is 112 Å². The Morgan fingerprint density at radius 1 is 1.05 bits per heavy atom. The average Bonchev–Trinajstić information content (AvgIpc) is 2.94. The number of nitrogen functional groups attached to an aromatic ring is 1. The monoisotopic (exact) mass is 529 g/mol. The largest absolute Gasteiger partial charge is 0.457 e. The van der Waals surface area contributed by atoms with Crippen LogP contribution in [0.25, 0.3) is 0 Å². The molecule has 3 aromatic rings. The van der Waals surface area contributed by atoms with Gasteiger partial charge in [0.25, 0.3) is 0 Å². The fraction of sp³-hybridized carbons (Fsp3) is 0.355. The fourth-order valence-corrected chi connectivity index (χ4v) is 4.38. The molecule has 1 aliphatic rings. The molecule has 0 saturated heterocycles. The molecule has 1 amide bonds. The summed E-state index contributed by atoms with van der Waals surface area (Å²) in [5, 5.41) is 3.02. The maximum atomic E-state index is 11.4. The lowest BCUT2D eigenvalue weighted by Gasteiger charge is -2.26. The highest BCUT2D eigenvalue weighted by molar-refractivity contribution is 6.15. The molecular weight excluding hydrogens is 490 g/mol. The number of rotatable bonds is 8. The first-order chi connectivity index (χ1) is 18.9. The lowest BCUT2D eigenvalue weighted by Crippen LogP contribution is -2.36. The molecule has 0 radical (unpaired) electrons. The predicted octanol–water partition coefficient (Wildman–Crippen LogP) is 5.51. The standard InChI is InChI=1S/C19H18N4O.C12H21NO2/c1-13-17(19(20)23-12-22-13)18(21-2)14-8-10-16(11-9-14)24-15-6-4-3-5-7-15;1-10-5-7-11(8-6-10)13-12(14)4-3-9-15-2/h3-12H,1-2H3,(H2,20,22,23);3-4,10-11H,5-9H2,1-2H3,(H,13,14)/b;4-3+. The normalized spacial score (nSPS) is 17.3. The number of carbonyl (C=O) groups is 1. The van der Waals surface area contributed by atoms with Gasteiger partial charge in [-0.3, -0.25) is 9.79 Å². The number of ether oxygens (including phenoxy) is 2. The van der Waals surface area contributed by atoms with Crippen molar-refractivity contribution in [1.82, 2.24) is 15.3 Å². The highest BCUT2D eigenvalue weighted by Crippen LogP contribution is 2.24. The second kappa shape index (κ2) is 15.4. The molecular formula is C31H39N5O3. The molecule has 1 saturated carbocycles. The number of aliphatic imine (C=N–C) groups is 1. The fourth-order valence-electron chi connectivity index (χ4n) is 4.38. The summed E-state index contributed by atoms with van der Waals surface area (Å²) < 4.78 is 10.6. The van der Waals surface area contributed by atoms with E-state index in [0.29, 0.717) is 18.5 Å². The summed E-state index contributed by atoms with van der Waals surface area (Å²) in [4.78, 5) is 24.1. The van der Waals surface area contributed by atoms with Gasteiger partial charge in [-0.2, -0.15) is 0 Å². The second-order valence-corrected chi connectivity index (χ2v) is 9.55. The van der Waals surface area contributed by atoms with Gasteiger partial charge in [-0.15, -0.1) is 0 Å². The Hall–Kier alpha value is -4.04. The lowest BCUT2D eigenvalue weighted by atomic mass is 9.87. The number of para-hydroxylation sites is 1. The first-order valence-corrected chi connectivity index (χ1v) is 13.2. The zero-order valence-corrected chi connectivity index (χ0v) is 23.3. The maximum absolute atomic E-state index is 11.4. The summed E-state index contributed by atoms with van der Waals surface area (Å²) in [5.74, 6) is 2.81. The number of anilines is 1. The van der Waals surface area contributed by atoms with Crippen molar-refractivity contribution < 1.29 is 14.3 Å². The third-order valence-electron chi connectivity index (χ3n) is 6.53. The maximum Gasteiger partial charge on any atom is 0.243 e. The van der Waals surface area contributed by atoms with Gasteiger partial charge in [0.2, 0.25) is 5.91 Å². The van der Waals surface area contributed by atoms with Crippen LogP contribution in [0.4, 0.5) is 5.82 Å². The minimum absolute atomic E-state index is 0.00611. The number of hydrogen-bond acceptors (Lipinski definition) is 7. The van der Waals surface area contributed by atoms with E-state index in [1.807, 2.05) is 61.5 Å². The third-order valence-corrected chi connectivity index (χ3v) is 6.53. The van der Waals surface area contributed by atoms with Crippen LogP contribution in [-0.4, -0.2) is 48.4 Å². The number of nitrogens with zero attached hydrogens (tertiary/aromatic N) is 3. The quantitative estimate of drug-likeness (QED) is 0.294. The van der Waals surface area contributed by atoms with Gasteiger partial charge in [0, 0.05) is 31.8 Å². The van der Waals surface area contributed by atoms with Crippen LogP contribution in [0.15, 0.2) is 78.1 Å². The molecule has 0 unspecified atom stereocenters. The zero-order chi connectivity index (χ0) is 28.0. The Morgan fingerprint density at radius 2 is 1.72 bits per heavy atom. The Balaban J connectivity index is 0.000000242. The first-order valence-electron chi connectivity index (χ1n) is 13.2. The van der Waals surface area contributed by atoms with E-state index in [-0.39, 0.29) is 5.91 Å². The van der Waals surface area contributed by atoms with E-state index in [0.717, 1.165) is 52.8 Å². The van der Waals surface area contributed by atoms with Gasteiger partial charge in [-0.1, -0.05) is 31.2 Å². The van der Waals surface area contributed by atoms with Crippen molar-refractivity contribution >= 4 is 17.4 Å². The van der Waals surface area contributed by atoms with E-state index in [2.05, 4.69) is 27.2 Å². The highest BCUT2D eigenvalue weighted by Gasteiger charge is 2.18. The van der Waals surface area contributed by atoms with E-state index >= 15 is 0 Å². The van der Waals surface area contributed by atoms with Crippen LogP contribution in [-0.2, 0) is 9.53 Å². The number of carbonyl (C=O) groups excluding carboxylic acids is 1. The van der Waals surface area contributed by atoms with Crippen LogP contribution in [0.1, 0.15) is 49.4 Å².